The van der Waals surface area contributed by atoms with Gasteiger partial charge in [0.15, 0.2) is 5.76 Å². The van der Waals surface area contributed by atoms with Crippen molar-refractivity contribution < 1.29 is 9.26 Å². The number of aromatic nitrogens is 3. The van der Waals surface area contributed by atoms with Crippen molar-refractivity contribution in [2.75, 3.05) is 11.5 Å². The molecule has 0 bridgehead atoms. The molecule has 0 saturated carbocycles. The van der Waals surface area contributed by atoms with Crippen LogP contribution in [0.3, 0.4) is 0 Å². The number of nitrogens with two attached hydrogens (primary N) is 2. The van der Waals surface area contributed by atoms with Crippen molar-refractivity contribution in [3.63, 3.8) is 0 Å². The molecule has 0 radical (unpaired) electrons. The molecule has 1 aromatic carbocycles. The molecule has 0 amide bonds. The van der Waals surface area contributed by atoms with E-state index in [1.54, 1.807) is 18.3 Å². The van der Waals surface area contributed by atoms with Gasteiger partial charge in [0.1, 0.15) is 24.0 Å². The molecule has 28 heavy (non-hydrogen) atoms. The van der Waals surface area contributed by atoms with E-state index in [2.05, 4.69) is 15.1 Å². The van der Waals surface area contributed by atoms with Crippen LogP contribution in [-0.4, -0.2) is 15.1 Å². The second-order valence-electron chi connectivity index (χ2n) is 6.29. The zero-order valence-electron chi connectivity index (χ0n) is 15.1. The van der Waals surface area contributed by atoms with Crippen LogP contribution in [0.5, 0.6) is 5.75 Å². The lowest BCUT2D eigenvalue weighted by Crippen LogP contribution is -1.98. The number of nitrogens with zero attached hydrogens (tertiary/aromatic N) is 3. The highest BCUT2D eigenvalue weighted by Gasteiger charge is 2.12. The number of pyridine rings is 2. The number of nitrogen functional groups attached to an aromatic ring is 2. The van der Waals surface area contributed by atoms with Crippen molar-refractivity contribution in [3.8, 4) is 17.1 Å². The maximum Gasteiger partial charge on any atom is 0.170 e. The average molecular weight is 373 g/mol. The van der Waals surface area contributed by atoms with Crippen LogP contribution in [-0.2, 0) is 13.0 Å². The highest BCUT2D eigenvalue weighted by Crippen LogP contribution is 2.27. The van der Waals surface area contributed by atoms with Gasteiger partial charge in [-0.25, -0.2) is 4.98 Å². The summed E-state index contributed by atoms with van der Waals surface area (Å²) in [4.78, 5) is 8.30. The number of benzene rings is 1. The Balaban J connectivity index is 1.45. The molecule has 4 rings (SSSR count). The zero-order valence-corrected chi connectivity index (χ0v) is 15.1. The molecule has 0 aliphatic carbocycles. The molecule has 0 spiro atoms. The molecule has 0 atom stereocenters. The van der Waals surface area contributed by atoms with Crippen molar-refractivity contribution in [1.82, 2.24) is 15.1 Å². The molecule has 140 valence electrons. The van der Waals surface area contributed by atoms with Crippen LogP contribution in [0, 0.1) is 0 Å². The van der Waals surface area contributed by atoms with Crippen LogP contribution in [0.4, 0.5) is 11.6 Å². The zero-order chi connectivity index (χ0) is 19.3. The molecule has 0 fully saturated rings. The normalized spacial score (nSPS) is 10.7. The van der Waals surface area contributed by atoms with Crippen molar-refractivity contribution in [1.29, 1.82) is 0 Å². The monoisotopic (exact) mass is 373 g/mol. The Bertz CT molecular complexity index is 1080. The van der Waals surface area contributed by atoms with Gasteiger partial charge in [-0.3, -0.25) is 4.98 Å². The largest absolute Gasteiger partial charge is 0.487 e. The molecular formula is C21H19N5O2. The van der Waals surface area contributed by atoms with Crippen LogP contribution in [0.25, 0.3) is 11.3 Å². The topological polar surface area (TPSA) is 113 Å². The van der Waals surface area contributed by atoms with Gasteiger partial charge in [-0.05, 0) is 42.0 Å². The lowest BCUT2D eigenvalue weighted by atomic mass is 10.1. The van der Waals surface area contributed by atoms with Gasteiger partial charge in [0.25, 0.3) is 0 Å². The van der Waals surface area contributed by atoms with Gasteiger partial charge in [-0.2, -0.15) is 0 Å². The number of hydrogen-bond donors (Lipinski definition) is 2. The second kappa shape index (κ2) is 7.79. The fourth-order valence-electron chi connectivity index (χ4n) is 2.82. The fraction of sp³-hybridized carbons (Fsp3) is 0.0952. The smallest absolute Gasteiger partial charge is 0.170 e. The second-order valence-corrected chi connectivity index (χ2v) is 6.29. The average Bonchev–Trinajstić information content (AvgIpc) is 3.15. The Hall–Kier alpha value is -3.87. The van der Waals surface area contributed by atoms with E-state index in [0.717, 1.165) is 22.7 Å². The molecular weight excluding hydrogens is 354 g/mol. The van der Waals surface area contributed by atoms with Gasteiger partial charge in [-0.1, -0.05) is 23.4 Å². The first-order valence-electron chi connectivity index (χ1n) is 8.77. The minimum absolute atomic E-state index is 0.313. The van der Waals surface area contributed by atoms with Crippen LogP contribution < -0.4 is 16.2 Å². The Morgan fingerprint density at radius 1 is 0.929 bits per heavy atom. The van der Waals surface area contributed by atoms with Gasteiger partial charge in [-0.15, -0.1) is 0 Å². The van der Waals surface area contributed by atoms with E-state index in [-0.39, 0.29) is 0 Å². The molecule has 0 aliphatic heterocycles. The van der Waals surface area contributed by atoms with Crippen LogP contribution in [0.1, 0.15) is 17.0 Å². The lowest BCUT2D eigenvalue weighted by molar-refractivity contribution is 0.301. The predicted octanol–water partition coefficient (Wildman–Crippen LogP) is 3.47. The summed E-state index contributed by atoms with van der Waals surface area (Å²) in [5.41, 5.74) is 14.9. The van der Waals surface area contributed by atoms with Gasteiger partial charge in [0.2, 0.25) is 0 Å². The third-order valence-electron chi connectivity index (χ3n) is 4.17. The predicted molar refractivity (Wildman–Crippen MR) is 106 cm³/mol. The summed E-state index contributed by atoms with van der Waals surface area (Å²) >= 11 is 0. The number of rotatable bonds is 6. The van der Waals surface area contributed by atoms with Gasteiger partial charge >= 0.3 is 0 Å². The van der Waals surface area contributed by atoms with E-state index in [4.69, 9.17) is 20.7 Å². The van der Waals surface area contributed by atoms with Crippen LogP contribution in [0.15, 0.2) is 71.4 Å². The molecule has 0 unspecified atom stereocenters. The van der Waals surface area contributed by atoms with Gasteiger partial charge < -0.3 is 20.7 Å². The highest BCUT2D eigenvalue weighted by molar-refractivity contribution is 5.71. The SMILES string of the molecule is Nc1ccc(-c2cc(Cc3cccc(OCc4ccccn4)c3)no2)c(N)n1. The quantitative estimate of drug-likeness (QED) is 0.532. The molecule has 4 N–H and O–H groups in total. The Kier molecular flexibility index (Phi) is 4.88. The van der Waals surface area contributed by atoms with Crippen molar-refractivity contribution in [2.24, 2.45) is 0 Å². The number of hydrogen-bond acceptors (Lipinski definition) is 7. The van der Waals surface area contributed by atoms with Crippen LogP contribution in [0.2, 0.25) is 0 Å². The third kappa shape index (κ3) is 4.09. The fourth-order valence-corrected chi connectivity index (χ4v) is 2.82. The highest BCUT2D eigenvalue weighted by atomic mass is 16.5. The standard InChI is InChI=1S/C21H19N5O2/c22-20-8-7-18(21(23)25-20)19-12-16(26-28-19)10-14-4-3-6-17(11-14)27-13-15-5-1-2-9-24-15/h1-9,11-12H,10,13H2,(H4,22,23,25). The molecule has 4 aromatic rings. The number of anilines is 2. The van der Waals surface area contributed by atoms with Gasteiger partial charge in [0, 0.05) is 18.7 Å². The Morgan fingerprint density at radius 2 is 1.86 bits per heavy atom. The minimum Gasteiger partial charge on any atom is -0.487 e. The summed E-state index contributed by atoms with van der Waals surface area (Å²) in [6.45, 7) is 0.418. The minimum atomic E-state index is 0.313. The van der Waals surface area contributed by atoms with Crippen LogP contribution >= 0.6 is 0 Å². The summed E-state index contributed by atoms with van der Waals surface area (Å²) < 4.78 is 11.3. The lowest BCUT2D eigenvalue weighted by Gasteiger charge is -2.07. The van der Waals surface area contributed by atoms with Crippen molar-refractivity contribution in [2.45, 2.75) is 13.0 Å². The number of ether oxygens (including phenoxy) is 1. The first kappa shape index (κ1) is 17.5. The Labute approximate surface area is 162 Å². The van der Waals surface area contributed by atoms with E-state index < -0.39 is 0 Å². The van der Waals surface area contributed by atoms with E-state index >= 15 is 0 Å². The molecule has 3 aromatic heterocycles. The van der Waals surface area contributed by atoms with E-state index in [9.17, 15) is 0 Å². The summed E-state index contributed by atoms with van der Waals surface area (Å²) in [6, 6.07) is 18.9. The maximum absolute atomic E-state index is 5.92. The molecule has 7 nitrogen and oxygen atoms in total. The maximum atomic E-state index is 5.92. The third-order valence-corrected chi connectivity index (χ3v) is 4.17. The molecule has 7 heteroatoms. The van der Waals surface area contributed by atoms with E-state index in [1.165, 1.54) is 0 Å². The first-order valence-corrected chi connectivity index (χ1v) is 8.77. The summed E-state index contributed by atoms with van der Waals surface area (Å²) in [6.07, 6.45) is 2.35. The molecule has 0 saturated heterocycles. The Morgan fingerprint density at radius 3 is 2.68 bits per heavy atom. The van der Waals surface area contributed by atoms with Gasteiger partial charge in [0.05, 0.1) is 17.0 Å². The molecule has 3 heterocycles. The summed E-state index contributed by atoms with van der Waals surface area (Å²) in [5, 5.41) is 4.13. The summed E-state index contributed by atoms with van der Waals surface area (Å²) in [7, 11) is 0. The van der Waals surface area contributed by atoms with Crippen molar-refractivity contribution in [3.05, 3.63) is 83.8 Å². The van der Waals surface area contributed by atoms with E-state index in [1.807, 2.05) is 48.5 Å². The summed E-state index contributed by atoms with van der Waals surface area (Å²) in [5.74, 6) is 2.01. The molecule has 0 aliphatic rings. The first-order chi connectivity index (χ1) is 13.7. The van der Waals surface area contributed by atoms with E-state index in [0.29, 0.717) is 36.0 Å². The van der Waals surface area contributed by atoms with Crippen molar-refractivity contribution >= 4 is 11.6 Å².